The van der Waals surface area contributed by atoms with Crippen LogP contribution in [0.5, 0.6) is 0 Å². The van der Waals surface area contributed by atoms with E-state index in [0.29, 0.717) is 0 Å². The Hall–Kier alpha value is -1.38. The molecule has 0 N–H and O–H groups in total. The van der Waals surface area contributed by atoms with Crippen molar-refractivity contribution in [3.8, 4) is 11.4 Å². The first-order valence-corrected chi connectivity index (χ1v) is 4.08. The number of hydrogen-bond donors (Lipinski definition) is 0. The Bertz CT molecular complexity index is 364. The second kappa shape index (κ2) is 2.59. The number of hydrogen-bond acceptors (Lipinski definition) is 2. The second-order valence-corrected chi connectivity index (χ2v) is 2.86. The van der Waals surface area contributed by atoms with Crippen LogP contribution in [0.2, 0.25) is 0 Å². The number of nitrogens with zero attached hydrogens (tertiary/aromatic N) is 3. The molecule has 0 saturated carbocycles. The zero-order valence-electron chi connectivity index (χ0n) is 7.28. The zero-order valence-corrected chi connectivity index (χ0v) is 7.28. The van der Waals surface area contributed by atoms with Crippen LogP contribution < -0.4 is 0 Å². The van der Waals surface area contributed by atoms with Crippen LogP contribution in [0.25, 0.3) is 11.4 Å². The minimum atomic E-state index is 0.844. The summed E-state index contributed by atoms with van der Waals surface area (Å²) in [6, 6.07) is 2.06. The Morgan fingerprint density at radius 3 is 3.08 bits per heavy atom. The van der Waals surface area contributed by atoms with Crippen LogP contribution in [-0.2, 0) is 13.5 Å². The summed E-state index contributed by atoms with van der Waals surface area (Å²) in [7, 11) is 1.90. The van der Waals surface area contributed by atoms with Crippen molar-refractivity contribution in [2.24, 2.45) is 7.05 Å². The van der Waals surface area contributed by atoms with E-state index < -0.39 is 0 Å². The molecule has 0 spiro atoms. The zero-order chi connectivity index (χ0) is 8.55. The molecule has 3 heteroatoms. The fraction of sp³-hybridized carbons (Fsp3) is 0.333. The number of rotatable bonds is 1. The van der Waals surface area contributed by atoms with Gasteiger partial charge in [-0.1, -0.05) is 6.92 Å². The predicted octanol–water partition coefficient (Wildman–Crippen LogP) is 1.48. The Labute approximate surface area is 71.4 Å². The van der Waals surface area contributed by atoms with Crippen molar-refractivity contribution in [2.75, 3.05) is 0 Å². The summed E-state index contributed by atoms with van der Waals surface area (Å²) < 4.78 is 1.77. The average molecular weight is 161 g/mol. The van der Waals surface area contributed by atoms with Crippen molar-refractivity contribution in [2.45, 2.75) is 13.3 Å². The minimum absolute atomic E-state index is 0.844. The van der Waals surface area contributed by atoms with Crippen molar-refractivity contribution in [3.05, 3.63) is 24.0 Å². The van der Waals surface area contributed by atoms with Gasteiger partial charge < -0.3 is 0 Å². The van der Waals surface area contributed by atoms with Crippen molar-refractivity contribution in [1.29, 1.82) is 0 Å². The topological polar surface area (TPSA) is 30.7 Å². The first-order chi connectivity index (χ1) is 5.81. The molecule has 12 heavy (non-hydrogen) atoms. The van der Waals surface area contributed by atoms with E-state index in [1.807, 2.05) is 19.4 Å². The van der Waals surface area contributed by atoms with Gasteiger partial charge in [-0.05, 0) is 18.1 Å². The van der Waals surface area contributed by atoms with Crippen LogP contribution in [0, 0.1) is 0 Å². The summed E-state index contributed by atoms with van der Waals surface area (Å²) >= 11 is 0. The molecule has 0 saturated heterocycles. The van der Waals surface area contributed by atoms with E-state index in [1.54, 1.807) is 4.68 Å². The Morgan fingerprint density at radius 2 is 2.33 bits per heavy atom. The monoisotopic (exact) mass is 161 g/mol. The number of fused-ring (bicyclic) bond motifs is 1. The summed E-state index contributed by atoms with van der Waals surface area (Å²) in [6.45, 7) is 2.13. The van der Waals surface area contributed by atoms with Crippen LogP contribution >= 0.6 is 0 Å². The van der Waals surface area contributed by atoms with E-state index >= 15 is 0 Å². The molecule has 3 nitrogen and oxygen atoms in total. The van der Waals surface area contributed by atoms with Crippen molar-refractivity contribution < 1.29 is 0 Å². The fourth-order valence-corrected chi connectivity index (χ4v) is 1.33. The predicted molar refractivity (Wildman–Crippen MR) is 47.0 cm³/mol. The van der Waals surface area contributed by atoms with Gasteiger partial charge in [-0.15, -0.1) is 0 Å². The van der Waals surface area contributed by atoms with Gasteiger partial charge in [0.2, 0.25) is 0 Å². The molecule has 2 aliphatic rings. The van der Waals surface area contributed by atoms with Gasteiger partial charge in [-0.3, -0.25) is 4.68 Å². The SMILES string of the molecule is CCc1cnc2nn(C)ccc1-2. The van der Waals surface area contributed by atoms with Crippen molar-refractivity contribution in [3.63, 3.8) is 0 Å². The lowest BCUT2D eigenvalue weighted by atomic mass is 10.1. The first-order valence-electron chi connectivity index (χ1n) is 4.08. The lowest BCUT2D eigenvalue weighted by molar-refractivity contribution is 0.736. The van der Waals surface area contributed by atoms with Gasteiger partial charge in [0.15, 0.2) is 5.82 Å². The highest BCUT2D eigenvalue weighted by Gasteiger charge is 2.09. The highest BCUT2D eigenvalue weighted by Crippen LogP contribution is 2.21. The van der Waals surface area contributed by atoms with Crippen LogP contribution in [0.4, 0.5) is 0 Å². The molecule has 0 aromatic rings. The molecule has 0 unspecified atom stereocenters. The number of aromatic nitrogens is 3. The summed E-state index contributed by atoms with van der Waals surface area (Å²) in [5.41, 5.74) is 2.45. The largest absolute Gasteiger partial charge is 0.274 e. The van der Waals surface area contributed by atoms with Gasteiger partial charge in [0, 0.05) is 25.0 Å². The molecule has 2 aliphatic heterocycles. The quantitative estimate of drug-likeness (QED) is 0.634. The third-order valence-corrected chi connectivity index (χ3v) is 2.02. The highest BCUT2D eigenvalue weighted by molar-refractivity contribution is 5.61. The Balaban J connectivity index is 2.63. The lowest BCUT2D eigenvalue weighted by Crippen LogP contribution is -1.98. The minimum Gasteiger partial charge on any atom is -0.274 e. The molecule has 2 rings (SSSR count). The van der Waals surface area contributed by atoms with Crippen molar-refractivity contribution in [1.82, 2.24) is 14.8 Å². The van der Waals surface area contributed by atoms with Gasteiger partial charge in [-0.25, -0.2) is 4.98 Å². The van der Waals surface area contributed by atoms with Crippen LogP contribution in [0.1, 0.15) is 12.5 Å². The maximum absolute atomic E-state index is 4.25. The van der Waals surface area contributed by atoms with E-state index in [2.05, 4.69) is 23.1 Å². The van der Waals surface area contributed by atoms with Crippen LogP contribution in [0.15, 0.2) is 18.5 Å². The summed E-state index contributed by atoms with van der Waals surface area (Å²) in [6.07, 6.45) is 4.87. The van der Waals surface area contributed by atoms with Gasteiger partial charge in [0.05, 0.1) is 0 Å². The number of aryl methyl sites for hydroxylation is 2. The van der Waals surface area contributed by atoms with Crippen molar-refractivity contribution >= 4 is 0 Å². The molecular weight excluding hydrogens is 150 g/mol. The lowest BCUT2D eigenvalue weighted by Gasteiger charge is -2.01. The second-order valence-electron chi connectivity index (χ2n) is 2.86. The molecule has 0 radical (unpaired) electrons. The summed E-state index contributed by atoms with van der Waals surface area (Å²) in [5, 5.41) is 4.25. The smallest absolute Gasteiger partial charge is 0.179 e. The normalized spacial score (nSPS) is 10.8. The molecule has 0 aromatic carbocycles. The fourth-order valence-electron chi connectivity index (χ4n) is 1.33. The summed E-state index contributed by atoms with van der Waals surface area (Å²) in [5.74, 6) is 0.844. The Kier molecular flexibility index (Phi) is 1.57. The molecule has 2 heterocycles. The Morgan fingerprint density at radius 1 is 1.50 bits per heavy atom. The van der Waals surface area contributed by atoms with Gasteiger partial charge >= 0.3 is 0 Å². The van der Waals surface area contributed by atoms with Crippen LogP contribution in [-0.4, -0.2) is 14.8 Å². The average Bonchev–Trinajstić information content (AvgIpc) is 2.46. The molecule has 62 valence electrons. The van der Waals surface area contributed by atoms with Gasteiger partial charge in [0.1, 0.15) is 0 Å². The molecule has 0 aromatic heterocycles. The molecule has 0 aliphatic carbocycles. The standard InChI is InChI=1S/C9H11N3/c1-3-7-6-10-9-8(7)4-5-12(2)11-9/h4-6H,3H2,1-2H3. The van der Waals surface area contributed by atoms with Crippen LogP contribution in [0.3, 0.4) is 0 Å². The van der Waals surface area contributed by atoms with Gasteiger partial charge in [0.25, 0.3) is 0 Å². The first kappa shape index (κ1) is 7.28. The maximum atomic E-state index is 4.25. The third kappa shape index (κ3) is 0.978. The molecule has 0 atom stereocenters. The third-order valence-electron chi connectivity index (χ3n) is 2.02. The van der Waals surface area contributed by atoms with Gasteiger partial charge in [-0.2, -0.15) is 5.10 Å². The molecule has 0 amide bonds. The summed E-state index contributed by atoms with van der Waals surface area (Å²) in [4.78, 5) is 4.22. The highest BCUT2D eigenvalue weighted by atomic mass is 15.3. The molecular formula is C9H11N3. The molecule has 0 bridgehead atoms. The van der Waals surface area contributed by atoms with E-state index in [0.717, 1.165) is 12.2 Å². The van der Waals surface area contributed by atoms with E-state index in [-0.39, 0.29) is 0 Å². The molecule has 0 fully saturated rings. The van der Waals surface area contributed by atoms with E-state index in [1.165, 1.54) is 11.1 Å². The maximum Gasteiger partial charge on any atom is 0.179 e. The van der Waals surface area contributed by atoms with E-state index in [4.69, 9.17) is 0 Å². The van der Waals surface area contributed by atoms with E-state index in [9.17, 15) is 0 Å².